The molecule has 0 aliphatic rings. The Bertz CT molecular complexity index is 960. The van der Waals surface area contributed by atoms with Crippen LogP contribution in [-0.4, -0.2) is 35.2 Å². The van der Waals surface area contributed by atoms with E-state index in [1.165, 1.54) is 37.4 Å². The summed E-state index contributed by atoms with van der Waals surface area (Å²) in [4.78, 5) is 3.57. The molecule has 0 saturated heterocycles. The van der Waals surface area contributed by atoms with Gasteiger partial charge in [-0.1, -0.05) is 17.7 Å². The monoisotopic (exact) mass is 392 g/mol. The summed E-state index contributed by atoms with van der Waals surface area (Å²) in [6.45, 7) is 0. The van der Waals surface area contributed by atoms with Gasteiger partial charge in [-0.3, -0.25) is 4.72 Å². The molecule has 0 fully saturated rings. The topological polar surface area (TPSA) is 112 Å². The Kier molecular flexibility index (Phi) is 5.21. The van der Waals surface area contributed by atoms with E-state index in [2.05, 4.69) is 9.71 Å². The highest BCUT2D eigenvalue weighted by atomic mass is 35.5. The molecule has 0 unspecified atom stereocenters. The van der Waals surface area contributed by atoms with Crippen LogP contribution in [-0.2, 0) is 20.1 Å². The normalized spacial score (nSPS) is 11.8. The highest BCUT2D eigenvalue weighted by Gasteiger charge is 2.18. The number of benzene rings is 1. The number of halogens is 1. The van der Waals surface area contributed by atoms with Gasteiger partial charge in [0.15, 0.2) is 10.9 Å². The first-order chi connectivity index (χ1) is 11.1. The van der Waals surface area contributed by atoms with Gasteiger partial charge in [-0.15, -0.1) is 0 Å². The van der Waals surface area contributed by atoms with Gasteiger partial charge in [-0.05, 0) is 12.1 Å². The van der Waals surface area contributed by atoms with Crippen molar-refractivity contribution in [2.24, 2.45) is 0 Å². The van der Waals surface area contributed by atoms with E-state index in [1.54, 1.807) is 0 Å². The highest BCUT2D eigenvalue weighted by molar-refractivity contribution is 7.92. The quantitative estimate of drug-likeness (QED) is 0.590. The van der Waals surface area contributed by atoms with Crippen molar-refractivity contribution in [3.05, 3.63) is 41.7 Å². The van der Waals surface area contributed by atoms with Crippen LogP contribution in [0.4, 0.5) is 5.69 Å². The van der Waals surface area contributed by atoms with Gasteiger partial charge in [0.25, 0.3) is 10.0 Å². The van der Waals surface area contributed by atoms with Crippen LogP contribution < -0.4 is 13.6 Å². The van der Waals surface area contributed by atoms with Crippen molar-refractivity contribution in [2.75, 3.05) is 18.1 Å². The summed E-state index contributed by atoms with van der Waals surface area (Å²) < 4.78 is 58.9. The maximum absolute atomic E-state index is 12.4. The van der Waals surface area contributed by atoms with E-state index in [0.29, 0.717) is 0 Å². The SMILES string of the molecule is COc1cc(S(=O)(=O)Nc2cccc(OS(C)(=O)=O)c2)cnc1Cl. The molecule has 24 heavy (non-hydrogen) atoms. The van der Waals surface area contributed by atoms with Crippen LogP contribution in [0.1, 0.15) is 0 Å². The number of pyridine rings is 1. The summed E-state index contributed by atoms with van der Waals surface area (Å²) in [5.74, 6) is 0.0817. The molecule has 0 amide bonds. The standard InChI is InChI=1S/C13H13ClN2O6S2/c1-21-12-7-11(8-15-13(12)14)24(19,20)16-9-4-3-5-10(6-9)22-23(2,17)18/h3-8,16H,1-2H3. The van der Waals surface area contributed by atoms with Crippen LogP contribution in [0, 0.1) is 0 Å². The summed E-state index contributed by atoms with van der Waals surface area (Å²) in [6.07, 6.45) is 1.96. The number of ether oxygens (including phenoxy) is 1. The van der Waals surface area contributed by atoms with Crippen molar-refractivity contribution < 1.29 is 25.8 Å². The van der Waals surface area contributed by atoms with Gasteiger partial charge in [0.2, 0.25) is 0 Å². The Morgan fingerprint density at radius 2 is 1.88 bits per heavy atom. The second-order valence-corrected chi connectivity index (χ2v) is 8.20. The van der Waals surface area contributed by atoms with Gasteiger partial charge in [0, 0.05) is 18.3 Å². The van der Waals surface area contributed by atoms with Crippen molar-refractivity contribution in [3.8, 4) is 11.5 Å². The minimum absolute atomic E-state index is 0.0236. The predicted octanol–water partition coefficient (Wildman–Crippen LogP) is 1.88. The van der Waals surface area contributed by atoms with E-state index in [4.69, 9.17) is 20.5 Å². The van der Waals surface area contributed by atoms with Gasteiger partial charge in [0.05, 0.1) is 19.1 Å². The maximum Gasteiger partial charge on any atom is 0.306 e. The first-order valence-electron chi connectivity index (χ1n) is 6.32. The van der Waals surface area contributed by atoms with E-state index in [0.717, 1.165) is 12.5 Å². The zero-order valence-electron chi connectivity index (χ0n) is 12.6. The molecular formula is C13H13ClN2O6S2. The fourth-order valence-electron chi connectivity index (χ4n) is 1.70. The molecule has 11 heteroatoms. The lowest BCUT2D eigenvalue weighted by Crippen LogP contribution is -2.14. The zero-order chi connectivity index (χ0) is 18.0. The maximum atomic E-state index is 12.4. The number of sulfonamides is 1. The minimum Gasteiger partial charge on any atom is -0.493 e. The summed E-state index contributed by atoms with van der Waals surface area (Å²) >= 11 is 5.76. The van der Waals surface area contributed by atoms with E-state index >= 15 is 0 Å². The summed E-state index contributed by atoms with van der Waals surface area (Å²) in [6, 6.07) is 6.71. The molecule has 1 heterocycles. The molecular weight excluding hydrogens is 380 g/mol. The van der Waals surface area contributed by atoms with Crippen molar-refractivity contribution in [1.82, 2.24) is 4.98 Å². The lowest BCUT2D eigenvalue weighted by Gasteiger charge is -2.10. The molecule has 0 aliphatic carbocycles. The number of nitrogens with one attached hydrogen (secondary N) is 1. The first-order valence-corrected chi connectivity index (χ1v) is 10.0. The van der Waals surface area contributed by atoms with Crippen LogP contribution in [0.3, 0.4) is 0 Å². The van der Waals surface area contributed by atoms with Crippen LogP contribution in [0.15, 0.2) is 41.4 Å². The molecule has 0 saturated carbocycles. The van der Waals surface area contributed by atoms with Gasteiger partial charge >= 0.3 is 10.1 Å². The van der Waals surface area contributed by atoms with Crippen molar-refractivity contribution in [3.63, 3.8) is 0 Å². The van der Waals surface area contributed by atoms with Crippen molar-refractivity contribution >= 4 is 37.4 Å². The zero-order valence-corrected chi connectivity index (χ0v) is 14.9. The van der Waals surface area contributed by atoms with Crippen LogP contribution in [0.25, 0.3) is 0 Å². The van der Waals surface area contributed by atoms with Gasteiger partial charge < -0.3 is 8.92 Å². The van der Waals surface area contributed by atoms with Crippen LogP contribution in [0.5, 0.6) is 11.5 Å². The molecule has 2 aromatic rings. The number of anilines is 1. The Morgan fingerprint density at radius 1 is 1.17 bits per heavy atom. The lowest BCUT2D eigenvalue weighted by atomic mass is 10.3. The lowest BCUT2D eigenvalue weighted by molar-refractivity contribution is 0.411. The van der Waals surface area contributed by atoms with Gasteiger partial charge in [0.1, 0.15) is 10.6 Å². The molecule has 1 N–H and O–H groups in total. The minimum atomic E-state index is -3.98. The fourth-order valence-corrected chi connectivity index (χ4v) is 3.34. The highest BCUT2D eigenvalue weighted by Crippen LogP contribution is 2.26. The van der Waals surface area contributed by atoms with E-state index in [1.807, 2.05) is 0 Å². The van der Waals surface area contributed by atoms with Crippen molar-refractivity contribution in [1.29, 1.82) is 0 Å². The molecule has 0 spiro atoms. The second-order valence-electron chi connectivity index (χ2n) is 4.58. The Balaban J connectivity index is 2.31. The second kappa shape index (κ2) is 6.83. The summed E-state index contributed by atoms with van der Waals surface area (Å²) in [7, 11) is -6.37. The van der Waals surface area contributed by atoms with Gasteiger partial charge in [-0.2, -0.15) is 8.42 Å². The summed E-state index contributed by atoms with van der Waals surface area (Å²) in [5, 5.41) is 0.0278. The average Bonchev–Trinajstić information content (AvgIpc) is 2.45. The van der Waals surface area contributed by atoms with E-state index in [-0.39, 0.29) is 27.2 Å². The van der Waals surface area contributed by atoms with Crippen LogP contribution in [0.2, 0.25) is 5.15 Å². The van der Waals surface area contributed by atoms with E-state index in [9.17, 15) is 16.8 Å². The average molecular weight is 393 g/mol. The smallest absolute Gasteiger partial charge is 0.306 e. The Hall–Kier alpha value is -2.04. The predicted molar refractivity (Wildman–Crippen MR) is 88.5 cm³/mol. The Morgan fingerprint density at radius 3 is 2.50 bits per heavy atom. The molecule has 1 aromatic heterocycles. The molecule has 0 aliphatic heterocycles. The molecule has 130 valence electrons. The number of methoxy groups -OCH3 is 1. The molecule has 8 nitrogen and oxygen atoms in total. The number of hydrogen-bond acceptors (Lipinski definition) is 7. The summed E-state index contributed by atoms with van der Waals surface area (Å²) in [5.41, 5.74) is 0.116. The number of aromatic nitrogens is 1. The largest absolute Gasteiger partial charge is 0.493 e. The number of hydrogen-bond donors (Lipinski definition) is 1. The molecule has 0 radical (unpaired) electrons. The molecule has 2 rings (SSSR count). The van der Waals surface area contributed by atoms with Gasteiger partial charge in [-0.25, -0.2) is 13.4 Å². The third-order valence-electron chi connectivity index (χ3n) is 2.65. The fraction of sp³-hybridized carbons (Fsp3) is 0.154. The first kappa shape index (κ1) is 18.3. The Labute approximate surface area is 144 Å². The van der Waals surface area contributed by atoms with Crippen molar-refractivity contribution in [2.45, 2.75) is 4.90 Å². The number of nitrogens with zero attached hydrogens (tertiary/aromatic N) is 1. The molecule has 1 aromatic carbocycles. The molecule has 0 atom stereocenters. The third-order valence-corrected chi connectivity index (χ3v) is 4.77. The third kappa shape index (κ3) is 4.73. The van der Waals surface area contributed by atoms with Crippen LogP contribution >= 0.6 is 11.6 Å². The van der Waals surface area contributed by atoms with E-state index < -0.39 is 20.1 Å². The molecule has 0 bridgehead atoms. The number of rotatable bonds is 6.